The van der Waals surface area contributed by atoms with E-state index in [1.54, 1.807) is 0 Å². The predicted molar refractivity (Wildman–Crippen MR) is 70.1 cm³/mol. The largest absolute Gasteiger partial charge is 0.410 e. The maximum atomic E-state index is 6.30. The molecule has 0 aromatic rings. The third-order valence-corrected chi connectivity index (χ3v) is 26.4. The van der Waals surface area contributed by atoms with E-state index in [0.717, 1.165) is 0 Å². The Hall–Kier alpha value is 2.09. The summed E-state index contributed by atoms with van der Waals surface area (Å²) in [6, 6.07) is 0. The van der Waals surface area contributed by atoms with Crippen LogP contribution in [-0.2, 0) is 4.12 Å². The molecule has 2 heterocycles. The second-order valence-electron chi connectivity index (χ2n) is 3.24. The van der Waals surface area contributed by atoms with Crippen LogP contribution in [0.1, 0.15) is 0 Å². The maximum absolute atomic E-state index is 6.30. The molecule has 0 spiro atoms. The molecule has 0 radical (unpaired) electrons. The number of fused-ring (bicyclic) bond motifs is 2. The third-order valence-electron chi connectivity index (χ3n) is 2.32. The Labute approximate surface area is 113 Å². The molecule has 2 bridgehead atoms. The highest BCUT2D eigenvalue weighted by molar-refractivity contribution is 7.66. The van der Waals surface area contributed by atoms with Gasteiger partial charge in [0.25, 0.3) is 6.69 Å². The first kappa shape index (κ1) is 12.5. The van der Waals surface area contributed by atoms with Crippen molar-refractivity contribution in [2.45, 2.75) is 10.3 Å². The molecule has 2 unspecified atom stereocenters. The lowest BCUT2D eigenvalue weighted by atomic mass is 10.6. The van der Waals surface area contributed by atoms with Gasteiger partial charge in [0.2, 0.25) is 0 Å². The Morgan fingerprint density at radius 2 is 1.14 bits per heavy atom. The van der Waals surface area contributed by atoms with E-state index in [1.807, 2.05) is 12.2 Å². The van der Waals surface area contributed by atoms with E-state index in [1.165, 1.54) is 0 Å². The summed E-state index contributed by atoms with van der Waals surface area (Å²) in [6.07, 6.45) is 3.64. The number of hydrogen-bond donors (Lipinski definition) is 0. The quantitative estimate of drug-likeness (QED) is 0.356. The minimum atomic E-state index is -3.00. The fourth-order valence-electron chi connectivity index (χ4n) is 1.65. The number of allylic oxidation sites excluding steroid dienone is 2. The Bertz CT molecular complexity index is 277. The Morgan fingerprint density at radius 1 is 0.786 bits per heavy atom. The van der Waals surface area contributed by atoms with Crippen LogP contribution in [0.15, 0.2) is 12.2 Å². The van der Waals surface area contributed by atoms with Crippen LogP contribution < -0.4 is 0 Å². The van der Waals surface area contributed by atoms with Gasteiger partial charge in [0.05, 0.1) is 0 Å². The van der Waals surface area contributed by atoms with E-state index < -0.39 is 20.6 Å². The summed E-state index contributed by atoms with van der Waals surface area (Å²) >= 11 is 37.0. The van der Waals surface area contributed by atoms with Gasteiger partial charge >= 0.3 is 13.9 Å². The zero-order valence-electron chi connectivity index (χ0n) is 6.49. The average Bonchev–Trinajstić information content (AvgIpc) is 2.16. The van der Waals surface area contributed by atoms with E-state index in [9.17, 15) is 0 Å². The molecule has 2 aliphatic heterocycles. The van der Waals surface area contributed by atoms with Crippen molar-refractivity contribution >= 4 is 87.0 Å². The first-order valence-electron chi connectivity index (χ1n) is 3.70. The van der Waals surface area contributed by atoms with Crippen LogP contribution in [0.5, 0.6) is 0 Å². The Balaban J connectivity index is 2.49. The molecule has 0 saturated carbocycles. The van der Waals surface area contributed by atoms with E-state index in [4.69, 9.17) is 70.6 Å². The van der Waals surface area contributed by atoms with Gasteiger partial charge in [-0.2, -0.15) is 0 Å². The second-order valence-corrected chi connectivity index (χ2v) is 23.5. The Morgan fingerprint density at radius 3 is 1.50 bits per heavy atom. The lowest BCUT2D eigenvalue weighted by Gasteiger charge is -2.42. The monoisotopic (exact) mass is 362 g/mol. The zero-order valence-corrected chi connectivity index (χ0v) is 14.0. The SMILES string of the molecule is Cl[Si]1(Cl)O[Si](Cl)(Cl)C2C=CC1[Si]2(Cl)Cl. The van der Waals surface area contributed by atoms with Gasteiger partial charge in [-0.15, -0.1) is 66.5 Å². The van der Waals surface area contributed by atoms with Crippen molar-refractivity contribution in [3.63, 3.8) is 0 Å². The van der Waals surface area contributed by atoms with E-state index in [0.29, 0.717) is 0 Å². The van der Waals surface area contributed by atoms with Gasteiger partial charge in [0.1, 0.15) is 0 Å². The lowest BCUT2D eigenvalue weighted by molar-refractivity contribution is 0.594. The molecule has 0 aromatic heterocycles. The summed E-state index contributed by atoms with van der Waals surface area (Å²) in [5, 5.41) is -0.491. The van der Waals surface area contributed by atoms with Crippen molar-refractivity contribution in [1.29, 1.82) is 0 Å². The van der Waals surface area contributed by atoms with Gasteiger partial charge in [-0.1, -0.05) is 12.2 Å². The fraction of sp³-hybridized carbons (Fsp3) is 0.500. The zero-order chi connectivity index (χ0) is 10.8. The van der Waals surface area contributed by atoms with Crippen LogP contribution in [-0.4, -0.2) is 20.6 Å². The molecular formula is C4H4Cl6OSi3. The Kier molecular flexibility index (Phi) is 3.17. The summed E-state index contributed by atoms with van der Waals surface area (Å²) in [5.41, 5.74) is 0. The first-order chi connectivity index (χ1) is 6.18. The minimum absolute atomic E-state index is 0.246. The van der Waals surface area contributed by atoms with Crippen LogP contribution in [0.2, 0.25) is 10.3 Å². The van der Waals surface area contributed by atoms with Crippen LogP contribution in [0.3, 0.4) is 0 Å². The lowest BCUT2D eigenvalue weighted by Crippen LogP contribution is -2.58. The molecule has 1 fully saturated rings. The molecule has 0 amide bonds. The maximum Gasteiger partial charge on any atom is 0.387 e. The van der Waals surface area contributed by atoms with Crippen molar-refractivity contribution in [2.75, 3.05) is 0 Å². The molecule has 0 N–H and O–H groups in total. The van der Waals surface area contributed by atoms with Gasteiger partial charge in [-0.05, 0) is 0 Å². The first-order valence-corrected chi connectivity index (χ1v) is 15.9. The summed E-state index contributed by atoms with van der Waals surface area (Å²) in [5.74, 6) is 0. The molecule has 0 aliphatic carbocycles. The topological polar surface area (TPSA) is 9.23 Å². The van der Waals surface area contributed by atoms with E-state index in [-0.39, 0.29) is 10.3 Å². The molecule has 2 rings (SSSR count). The second kappa shape index (κ2) is 3.54. The molecule has 1 saturated heterocycles. The van der Waals surface area contributed by atoms with Gasteiger partial charge < -0.3 is 4.12 Å². The number of hydrogen-bond acceptors (Lipinski definition) is 1. The highest BCUT2D eigenvalue weighted by Gasteiger charge is 2.72. The van der Waals surface area contributed by atoms with Crippen LogP contribution in [0.4, 0.5) is 0 Å². The molecule has 80 valence electrons. The van der Waals surface area contributed by atoms with Crippen LogP contribution >= 0.6 is 66.5 Å². The molecule has 2 atom stereocenters. The third kappa shape index (κ3) is 1.76. The van der Waals surface area contributed by atoms with Crippen molar-refractivity contribution in [2.24, 2.45) is 0 Å². The van der Waals surface area contributed by atoms with E-state index in [2.05, 4.69) is 0 Å². The molecule has 0 aromatic carbocycles. The molecule has 14 heavy (non-hydrogen) atoms. The molecule has 10 heteroatoms. The van der Waals surface area contributed by atoms with Crippen molar-refractivity contribution in [1.82, 2.24) is 0 Å². The summed E-state index contributed by atoms with van der Waals surface area (Å²) in [7, 11) is 0. The highest BCUT2D eigenvalue weighted by Crippen LogP contribution is 2.63. The van der Waals surface area contributed by atoms with Crippen LogP contribution in [0, 0.1) is 0 Å². The summed E-state index contributed by atoms with van der Waals surface area (Å²) in [4.78, 5) is 0. The van der Waals surface area contributed by atoms with Gasteiger partial charge in [-0.25, -0.2) is 0 Å². The summed E-state index contributed by atoms with van der Waals surface area (Å²) < 4.78 is 5.43. The number of halogens is 6. The molecular weight excluding hydrogens is 361 g/mol. The normalized spacial score (nSPS) is 41.3. The van der Waals surface area contributed by atoms with Crippen molar-refractivity contribution in [3.8, 4) is 0 Å². The van der Waals surface area contributed by atoms with Gasteiger partial charge in [-0.3, -0.25) is 0 Å². The van der Waals surface area contributed by atoms with Gasteiger partial charge in [0.15, 0.2) is 0 Å². The van der Waals surface area contributed by atoms with Gasteiger partial charge in [0, 0.05) is 10.3 Å². The molecule has 2 aliphatic rings. The fourth-order valence-corrected chi connectivity index (χ4v) is 35.4. The van der Waals surface area contributed by atoms with Crippen molar-refractivity contribution in [3.05, 3.63) is 12.2 Å². The van der Waals surface area contributed by atoms with Crippen LogP contribution in [0.25, 0.3) is 0 Å². The minimum Gasteiger partial charge on any atom is -0.410 e. The number of rotatable bonds is 0. The average molecular weight is 365 g/mol. The molecule has 1 nitrogen and oxygen atoms in total. The summed E-state index contributed by atoms with van der Waals surface area (Å²) in [6.45, 7) is -8.64. The van der Waals surface area contributed by atoms with Crippen molar-refractivity contribution < 1.29 is 4.12 Å². The smallest absolute Gasteiger partial charge is 0.387 e. The standard InChI is InChI=1S/C4H4Cl6OSi3/c5-12(6)3-1-2-4(12)14(9,10)11-13(3,7)8/h1-4H. The van der Waals surface area contributed by atoms with E-state index >= 15 is 0 Å². The predicted octanol–water partition coefficient (Wildman–Crippen LogP) is 4.16. The highest BCUT2D eigenvalue weighted by atomic mass is 35.7.